The van der Waals surface area contributed by atoms with Gasteiger partial charge in [0, 0.05) is 51.2 Å². The molecule has 0 N–H and O–H groups in total. The SMILES string of the molecule is [AlH3].[AlH3].[Cu].[Cu].[Cu]. The van der Waals surface area contributed by atoms with Crippen LogP contribution in [0.4, 0.5) is 0 Å². The van der Waals surface area contributed by atoms with Crippen molar-refractivity contribution in [1.29, 1.82) is 0 Å². The van der Waals surface area contributed by atoms with Crippen LogP contribution in [0.15, 0.2) is 0 Å². The summed E-state index contributed by atoms with van der Waals surface area (Å²) in [5.74, 6) is 0. The molecular formula is H6Al2Cu3. The van der Waals surface area contributed by atoms with Crippen LogP contribution in [-0.2, 0) is 51.2 Å². The molecule has 0 rings (SSSR count). The minimum atomic E-state index is 0. The van der Waals surface area contributed by atoms with Crippen molar-refractivity contribution < 1.29 is 51.2 Å². The van der Waals surface area contributed by atoms with E-state index in [1.165, 1.54) is 0 Å². The van der Waals surface area contributed by atoms with Crippen molar-refractivity contribution in [2.45, 2.75) is 0 Å². The maximum atomic E-state index is 0. The fourth-order valence-corrected chi connectivity index (χ4v) is 0. The molecule has 0 nitrogen and oxygen atoms in total. The molecule has 0 aromatic carbocycles. The molecule has 0 bridgehead atoms. The third-order valence-corrected chi connectivity index (χ3v) is 0. The third-order valence-electron chi connectivity index (χ3n) is 0. The van der Waals surface area contributed by atoms with Crippen molar-refractivity contribution in [2.24, 2.45) is 0 Å². The van der Waals surface area contributed by atoms with E-state index in [4.69, 9.17) is 0 Å². The molecule has 0 spiro atoms. The van der Waals surface area contributed by atoms with Gasteiger partial charge < -0.3 is 0 Å². The van der Waals surface area contributed by atoms with E-state index < -0.39 is 0 Å². The van der Waals surface area contributed by atoms with Crippen LogP contribution >= 0.6 is 0 Å². The Hall–Kier alpha value is 2.62. The van der Waals surface area contributed by atoms with Crippen molar-refractivity contribution in [2.75, 3.05) is 0 Å². The standard InChI is InChI=1S/2Al.3Cu.6H. The normalized spacial score (nSPS) is 0. The van der Waals surface area contributed by atoms with E-state index in [0.29, 0.717) is 0 Å². The topological polar surface area (TPSA) is 0 Å². The van der Waals surface area contributed by atoms with Gasteiger partial charge in [0.25, 0.3) is 0 Å². The largest absolute Gasteiger partial charge is 0.187 e. The Morgan fingerprint density at radius 3 is 0.400 bits per heavy atom. The van der Waals surface area contributed by atoms with Crippen molar-refractivity contribution in [3.63, 3.8) is 0 Å². The molecule has 0 saturated carbocycles. The van der Waals surface area contributed by atoms with Crippen LogP contribution in [0.2, 0.25) is 0 Å². The minimum absolute atomic E-state index is 0. The second kappa shape index (κ2) is 30.4. The molecule has 3 radical (unpaired) electrons. The molecule has 0 aliphatic carbocycles. The monoisotopic (exact) mass is 249 g/mol. The molecule has 0 aliphatic heterocycles. The Balaban J connectivity index is 0. The van der Waals surface area contributed by atoms with Crippen molar-refractivity contribution in [3.05, 3.63) is 0 Å². The molecule has 0 aromatic rings. The first-order valence-electron chi connectivity index (χ1n) is 0. The Labute approximate surface area is 84.9 Å². The van der Waals surface area contributed by atoms with Gasteiger partial charge in [0.2, 0.25) is 0 Å². The fourth-order valence-electron chi connectivity index (χ4n) is 0. The van der Waals surface area contributed by atoms with Gasteiger partial charge in [-0.15, -0.1) is 0 Å². The Kier molecular flexibility index (Phi) is 296. The van der Waals surface area contributed by atoms with Crippen molar-refractivity contribution in [3.8, 4) is 0 Å². The summed E-state index contributed by atoms with van der Waals surface area (Å²) in [4.78, 5) is 0. The zero-order valence-electron chi connectivity index (χ0n) is 0.905. The summed E-state index contributed by atoms with van der Waals surface area (Å²) in [5.41, 5.74) is 0. The zero-order chi connectivity index (χ0) is 0. The number of hydrogen-bond acceptors (Lipinski definition) is 0. The van der Waals surface area contributed by atoms with E-state index in [0.717, 1.165) is 0 Å². The summed E-state index contributed by atoms with van der Waals surface area (Å²) in [6.45, 7) is 0. The Morgan fingerprint density at radius 2 is 0.400 bits per heavy atom. The fraction of sp³-hybridized carbons (Fsp3) is 0. The molecule has 0 fully saturated rings. The van der Waals surface area contributed by atoms with Crippen LogP contribution < -0.4 is 0 Å². The molecule has 0 heterocycles. The summed E-state index contributed by atoms with van der Waals surface area (Å²) < 4.78 is 0. The summed E-state index contributed by atoms with van der Waals surface area (Å²) >= 11 is 0. The summed E-state index contributed by atoms with van der Waals surface area (Å²) in [5, 5.41) is 0. The molecule has 0 saturated heterocycles. The quantitative estimate of drug-likeness (QED) is 0.422. The zero-order valence-corrected chi connectivity index (χ0v) is 3.73. The molecule has 0 aliphatic rings. The van der Waals surface area contributed by atoms with E-state index in [9.17, 15) is 0 Å². The molecule has 5 heavy (non-hydrogen) atoms. The Morgan fingerprint density at radius 1 is 0.400 bits per heavy atom. The van der Waals surface area contributed by atoms with Crippen molar-refractivity contribution >= 4 is 34.7 Å². The van der Waals surface area contributed by atoms with Crippen LogP contribution in [0.3, 0.4) is 0 Å². The maximum Gasteiger partial charge on any atom is 0.187 e. The van der Waals surface area contributed by atoms with Gasteiger partial charge in [0.15, 0.2) is 34.7 Å². The maximum absolute atomic E-state index is 0. The smallest absolute Gasteiger partial charge is 0 e. The molecule has 45 valence electrons. The van der Waals surface area contributed by atoms with Crippen LogP contribution in [0.25, 0.3) is 0 Å². The van der Waals surface area contributed by atoms with E-state index in [-0.39, 0.29) is 85.9 Å². The van der Waals surface area contributed by atoms with Gasteiger partial charge in [0.05, 0.1) is 0 Å². The second-order valence-electron chi connectivity index (χ2n) is 0. The van der Waals surface area contributed by atoms with E-state index in [2.05, 4.69) is 0 Å². The molecular weight excluding hydrogens is 245 g/mol. The van der Waals surface area contributed by atoms with Gasteiger partial charge in [-0.1, -0.05) is 0 Å². The number of hydrogen-bond donors (Lipinski definition) is 0. The van der Waals surface area contributed by atoms with E-state index >= 15 is 0 Å². The van der Waals surface area contributed by atoms with Crippen LogP contribution in [0, 0.1) is 0 Å². The average molecular weight is 251 g/mol. The number of rotatable bonds is 0. The molecule has 0 amide bonds. The molecule has 0 atom stereocenters. The van der Waals surface area contributed by atoms with Gasteiger partial charge in [-0.25, -0.2) is 0 Å². The first kappa shape index (κ1) is 48.6. The predicted molar refractivity (Wildman–Crippen MR) is 19.9 cm³/mol. The van der Waals surface area contributed by atoms with Gasteiger partial charge in [-0.05, 0) is 0 Å². The molecule has 0 aromatic heterocycles. The first-order chi connectivity index (χ1) is 0. The van der Waals surface area contributed by atoms with Crippen molar-refractivity contribution in [1.82, 2.24) is 0 Å². The van der Waals surface area contributed by atoms with E-state index in [1.807, 2.05) is 0 Å². The molecule has 0 unspecified atom stereocenters. The van der Waals surface area contributed by atoms with Gasteiger partial charge in [0.1, 0.15) is 0 Å². The molecule has 5 heteroatoms. The minimum Gasteiger partial charge on any atom is 0 e. The summed E-state index contributed by atoms with van der Waals surface area (Å²) in [6.07, 6.45) is 0. The third kappa shape index (κ3) is 20.6. The predicted octanol–water partition coefficient (Wildman–Crippen LogP) is -2.38. The van der Waals surface area contributed by atoms with Crippen LogP contribution in [0.5, 0.6) is 0 Å². The first-order valence-corrected chi connectivity index (χ1v) is 0. The summed E-state index contributed by atoms with van der Waals surface area (Å²) in [6, 6.07) is 0. The van der Waals surface area contributed by atoms with Gasteiger partial charge in [-0.2, -0.15) is 0 Å². The summed E-state index contributed by atoms with van der Waals surface area (Å²) in [7, 11) is 0. The van der Waals surface area contributed by atoms with E-state index in [1.54, 1.807) is 0 Å². The Bertz CT molecular complexity index is 4.85. The van der Waals surface area contributed by atoms with Gasteiger partial charge in [-0.3, -0.25) is 0 Å². The van der Waals surface area contributed by atoms with Crippen LogP contribution in [0.1, 0.15) is 0 Å². The van der Waals surface area contributed by atoms with Gasteiger partial charge >= 0.3 is 0 Å². The van der Waals surface area contributed by atoms with Crippen LogP contribution in [-0.4, -0.2) is 34.7 Å². The second-order valence-corrected chi connectivity index (χ2v) is 0. The average Bonchev–Trinajstić information content (AvgIpc) is 0.